The Labute approximate surface area is 279 Å². The number of esters is 2. The van der Waals surface area contributed by atoms with E-state index in [1.54, 1.807) is 14.2 Å². The summed E-state index contributed by atoms with van der Waals surface area (Å²) in [5.74, 6) is 1.33. The lowest BCUT2D eigenvalue weighted by atomic mass is 9.95. The third-order valence-electron chi connectivity index (χ3n) is 8.23. The van der Waals surface area contributed by atoms with E-state index in [0.717, 1.165) is 58.0 Å². The molecule has 3 rings (SSSR count). The molecule has 0 spiro atoms. The number of carbonyl (C=O) groups is 3. The maximum atomic E-state index is 13.1. The average Bonchev–Trinajstić information content (AvgIpc) is 3.38. The highest BCUT2D eigenvalue weighted by Gasteiger charge is 2.27. The van der Waals surface area contributed by atoms with Crippen molar-refractivity contribution in [1.82, 2.24) is 9.88 Å². The highest BCUT2D eigenvalue weighted by molar-refractivity contribution is 5.77. The molecule has 0 saturated carbocycles. The number of methoxy groups -OCH3 is 2. The molecule has 1 N–H and O–H groups in total. The van der Waals surface area contributed by atoms with E-state index in [-0.39, 0.29) is 24.9 Å². The zero-order valence-electron chi connectivity index (χ0n) is 29.2. The van der Waals surface area contributed by atoms with E-state index in [1.165, 1.54) is 13.8 Å². The van der Waals surface area contributed by atoms with Crippen molar-refractivity contribution in [2.24, 2.45) is 7.05 Å². The number of nitrogens with one attached hydrogen (secondary N) is 1. The van der Waals surface area contributed by atoms with Gasteiger partial charge in [-0.1, -0.05) is 24.3 Å². The minimum atomic E-state index is -0.730. The van der Waals surface area contributed by atoms with E-state index in [2.05, 4.69) is 23.5 Å². The summed E-state index contributed by atoms with van der Waals surface area (Å²) in [4.78, 5) is 36.5. The first-order valence-corrected chi connectivity index (χ1v) is 16.1. The average molecular weight is 647 g/mol. The molecule has 0 unspecified atom stereocenters. The third-order valence-corrected chi connectivity index (χ3v) is 8.23. The first-order valence-electron chi connectivity index (χ1n) is 16.1. The van der Waals surface area contributed by atoms with Crippen molar-refractivity contribution in [3.8, 4) is 11.5 Å². The van der Waals surface area contributed by atoms with Crippen molar-refractivity contribution in [3.63, 3.8) is 0 Å². The molecular weight excluding hydrogens is 596 g/mol. The van der Waals surface area contributed by atoms with E-state index in [4.69, 9.17) is 18.9 Å². The van der Waals surface area contributed by atoms with E-state index in [1.807, 2.05) is 68.8 Å². The topological polar surface area (TPSA) is 105 Å². The van der Waals surface area contributed by atoms with Crippen LogP contribution in [0.25, 0.3) is 5.76 Å². The fourth-order valence-electron chi connectivity index (χ4n) is 5.68. The van der Waals surface area contributed by atoms with Gasteiger partial charge in [-0.15, -0.1) is 0 Å². The third kappa shape index (κ3) is 11.3. The van der Waals surface area contributed by atoms with Crippen LogP contribution in [-0.4, -0.2) is 48.8 Å². The molecule has 0 aliphatic rings. The Kier molecular flexibility index (Phi) is 13.7. The van der Waals surface area contributed by atoms with Gasteiger partial charge in [-0.25, -0.2) is 0 Å². The monoisotopic (exact) mass is 646 g/mol. The Morgan fingerprint density at radius 1 is 0.872 bits per heavy atom. The van der Waals surface area contributed by atoms with Gasteiger partial charge < -0.3 is 28.8 Å². The molecule has 0 saturated heterocycles. The van der Waals surface area contributed by atoms with E-state index in [9.17, 15) is 14.4 Å². The quantitative estimate of drug-likeness (QED) is 0.130. The van der Waals surface area contributed by atoms with Crippen LogP contribution >= 0.6 is 0 Å². The number of carbonyl (C=O) groups excluding carboxylic acids is 3. The second-order valence-corrected chi connectivity index (χ2v) is 12.3. The minimum absolute atomic E-state index is 0.0723. The molecule has 1 amide bonds. The predicted molar refractivity (Wildman–Crippen MR) is 183 cm³/mol. The molecule has 254 valence electrons. The Balaban J connectivity index is 1.76. The van der Waals surface area contributed by atoms with Gasteiger partial charge in [0.05, 0.1) is 25.5 Å². The number of hydrogen-bond donors (Lipinski definition) is 1. The molecule has 9 heteroatoms. The number of allylic oxidation sites excluding steroid dienone is 1. The van der Waals surface area contributed by atoms with E-state index >= 15 is 0 Å². The predicted octanol–water partition coefficient (Wildman–Crippen LogP) is 6.59. The largest absolute Gasteiger partial charge is 0.496 e. The summed E-state index contributed by atoms with van der Waals surface area (Å²) in [5, 5.41) is 2.93. The molecule has 47 heavy (non-hydrogen) atoms. The maximum absolute atomic E-state index is 13.1. The lowest BCUT2D eigenvalue weighted by Gasteiger charge is -2.30. The SMILES string of the molecule is COc1ccc(CCC=C(OC(=O)CCCc2ccc(OC)c(C)c2)c2ccc(CC[C@](C)(COC(C)=O)NC(C)=O)n2C)cc1C. The van der Waals surface area contributed by atoms with Gasteiger partial charge in [0.1, 0.15) is 18.1 Å². The standard InChI is InChI=1S/C38H50N2O7/c1-26-23-30(15-19-34(26)44-7)11-9-13-36(47-37(43)14-10-12-31-16-20-35(45-8)27(2)24-31)33-18-17-32(40(33)6)21-22-38(5,39-28(3)41)25-46-29(4)42/h13,15-20,23-24H,9-12,14,21-22,25H2,1-8H3,(H,39,41)/t38-/m1/s1. The van der Waals surface area contributed by atoms with Gasteiger partial charge in [0.2, 0.25) is 5.91 Å². The van der Waals surface area contributed by atoms with Gasteiger partial charge >= 0.3 is 11.9 Å². The Bertz CT molecular complexity index is 1570. The van der Waals surface area contributed by atoms with Gasteiger partial charge in [-0.05, 0) is 112 Å². The molecule has 9 nitrogen and oxygen atoms in total. The lowest BCUT2D eigenvalue weighted by Crippen LogP contribution is -2.49. The molecule has 0 bridgehead atoms. The van der Waals surface area contributed by atoms with Crippen LogP contribution in [0.5, 0.6) is 11.5 Å². The van der Waals surface area contributed by atoms with Crippen LogP contribution < -0.4 is 14.8 Å². The first-order chi connectivity index (χ1) is 22.3. The molecule has 0 aliphatic carbocycles. The van der Waals surface area contributed by atoms with Crippen molar-refractivity contribution in [2.75, 3.05) is 20.8 Å². The number of nitrogens with zero attached hydrogens (tertiary/aromatic N) is 1. The maximum Gasteiger partial charge on any atom is 0.311 e. The highest BCUT2D eigenvalue weighted by Crippen LogP contribution is 2.25. The summed E-state index contributed by atoms with van der Waals surface area (Å²) < 4.78 is 24.1. The zero-order chi connectivity index (χ0) is 34.6. The first kappa shape index (κ1) is 36.9. The number of ether oxygens (including phenoxy) is 4. The van der Waals surface area contributed by atoms with Crippen molar-refractivity contribution < 1.29 is 33.3 Å². The van der Waals surface area contributed by atoms with Gasteiger partial charge in [-0.2, -0.15) is 0 Å². The van der Waals surface area contributed by atoms with Crippen LogP contribution in [0.3, 0.4) is 0 Å². The second kappa shape index (κ2) is 17.4. The van der Waals surface area contributed by atoms with Gasteiger partial charge in [-0.3, -0.25) is 14.4 Å². The zero-order valence-corrected chi connectivity index (χ0v) is 29.2. The number of aromatic nitrogens is 1. The van der Waals surface area contributed by atoms with Crippen molar-refractivity contribution in [3.05, 3.63) is 88.2 Å². The molecule has 0 aliphatic heterocycles. The van der Waals surface area contributed by atoms with Crippen molar-refractivity contribution >= 4 is 23.6 Å². The summed E-state index contributed by atoms with van der Waals surface area (Å²) in [6.45, 7) is 8.76. The van der Waals surface area contributed by atoms with Crippen molar-refractivity contribution in [2.45, 2.75) is 85.1 Å². The molecule has 1 heterocycles. The lowest BCUT2D eigenvalue weighted by molar-refractivity contribution is -0.144. The Hall–Kier alpha value is -4.53. The molecule has 3 aromatic rings. The molecule has 2 aromatic carbocycles. The number of amides is 1. The fraction of sp³-hybridized carbons (Fsp3) is 0.447. The summed E-state index contributed by atoms with van der Waals surface area (Å²) in [6, 6.07) is 16.2. The van der Waals surface area contributed by atoms with E-state index < -0.39 is 11.5 Å². The van der Waals surface area contributed by atoms with Crippen LogP contribution in [0.2, 0.25) is 0 Å². The second-order valence-electron chi connectivity index (χ2n) is 12.3. The molecule has 1 atom stereocenters. The summed E-state index contributed by atoms with van der Waals surface area (Å²) in [5.41, 5.74) is 5.49. The van der Waals surface area contributed by atoms with Gasteiger partial charge in [0.15, 0.2) is 5.76 Å². The Morgan fingerprint density at radius 3 is 2.04 bits per heavy atom. The van der Waals surface area contributed by atoms with Crippen LogP contribution in [0.4, 0.5) is 0 Å². The molecule has 0 fully saturated rings. The van der Waals surface area contributed by atoms with Crippen LogP contribution in [-0.2, 0) is 50.2 Å². The summed E-state index contributed by atoms with van der Waals surface area (Å²) in [7, 11) is 5.26. The van der Waals surface area contributed by atoms with Crippen molar-refractivity contribution in [1.29, 1.82) is 0 Å². The molecule has 1 aromatic heterocycles. The summed E-state index contributed by atoms with van der Waals surface area (Å²) in [6.07, 6.45) is 6.25. The van der Waals surface area contributed by atoms with Crippen LogP contribution in [0.15, 0.2) is 54.6 Å². The van der Waals surface area contributed by atoms with Crippen LogP contribution in [0.1, 0.15) is 80.1 Å². The molecule has 0 radical (unpaired) electrons. The van der Waals surface area contributed by atoms with Gasteiger partial charge in [0, 0.05) is 33.0 Å². The number of benzene rings is 2. The summed E-state index contributed by atoms with van der Waals surface area (Å²) >= 11 is 0. The molecular formula is C38H50N2O7. The van der Waals surface area contributed by atoms with Crippen LogP contribution in [0, 0.1) is 13.8 Å². The highest BCUT2D eigenvalue weighted by atomic mass is 16.5. The van der Waals surface area contributed by atoms with Gasteiger partial charge in [0.25, 0.3) is 0 Å². The normalized spacial score (nSPS) is 12.6. The Morgan fingerprint density at radius 2 is 1.49 bits per heavy atom. The fourth-order valence-corrected chi connectivity index (χ4v) is 5.68. The number of hydrogen-bond acceptors (Lipinski definition) is 7. The number of aryl methyl sites for hydroxylation is 5. The van der Waals surface area contributed by atoms with E-state index in [0.29, 0.717) is 31.4 Å². The number of rotatable bonds is 17. The minimum Gasteiger partial charge on any atom is -0.496 e. The smallest absolute Gasteiger partial charge is 0.311 e.